The van der Waals surface area contributed by atoms with E-state index in [2.05, 4.69) is 19.2 Å². The van der Waals surface area contributed by atoms with Gasteiger partial charge in [0.2, 0.25) is 0 Å². The van der Waals surface area contributed by atoms with Crippen LogP contribution in [0.25, 0.3) is 0 Å². The third-order valence-corrected chi connectivity index (χ3v) is 4.14. The van der Waals surface area contributed by atoms with E-state index in [1.807, 2.05) is 6.92 Å². The first kappa shape index (κ1) is 15.8. The Morgan fingerprint density at radius 2 is 2.11 bits per heavy atom. The Hall–Kier alpha value is -1.26. The highest BCUT2D eigenvalue weighted by molar-refractivity contribution is 5.76. The van der Waals surface area contributed by atoms with Crippen molar-refractivity contribution in [3.8, 4) is 0 Å². The van der Waals surface area contributed by atoms with E-state index < -0.39 is 11.9 Å². The highest BCUT2D eigenvalue weighted by atomic mass is 16.4. The normalized spacial score (nSPS) is 22.8. The second-order valence-electron chi connectivity index (χ2n) is 6.16. The SMILES string of the molecule is CCN(CC(C)C(=O)O)C(=O)NC1CCCC1(C)C. The van der Waals surface area contributed by atoms with Gasteiger partial charge in [-0.3, -0.25) is 4.79 Å². The van der Waals surface area contributed by atoms with Crippen molar-refractivity contribution < 1.29 is 14.7 Å². The fraction of sp³-hybridized carbons (Fsp3) is 0.857. The Balaban J connectivity index is 2.57. The van der Waals surface area contributed by atoms with Gasteiger partial charge < -0.3 is 15.3 Å². The van der Waals surface area contributed by atoms with E-state index in [1.165, 1.54) is 0 Å². The molecule has 2 N–H and O–H groups in total. The molecule has 2 unspecified atom stereocenters. The van der Waals surface area contributed by atoms with E-state index in [-0.39, 0.29) is 24.0 Å². The van der Waals surface area contributed by atoms with Gasteiger partial charge in [0.25, 0.3) is 0 Å². The van der Waals surface area contributed by atoms with Crippen LogP contribution in [-0.4, -0.2) is 41.1 Å². The molecule has 0 bridgehead atoms. The summed E-state index contributed by atoms with van der Waals surface area (Å²) >= 11 is 0. The van der Waals surface area contributed by atoms with Crippen LogP contribution in [-0.2, 0) is 4.79 Å². The number of urea groups is 1. The molecule has 0 aromatic heterocycles. The first-order chi connectivity index (χ1) is 8.77. The van der Waals surface area contributed by atoms with Gasteiger partial charge in [0, 0.05) is 19.1 Å². The van der Waals surface area contributed by atoms with E-state index in [0.29, 0.717) is 6.54 Å². The van der Waals surface area contributed by atoms with Crippen LogP contribution in [0.5, 0.6) is 0 Å². The zero-order valence-electron chi connectivity index (χ0n) is 12.4. The summed E-state index contributed by atoms with van der Waals surface area (Å²) in [5.74, 6) is -1.41. The molecular formula is C14H26N2O3. The lowest BCUT2D eigenvalue weighted by molar-refractivity contribution is -0.141. The highest BCUT2D eigenvalue weighted by Crippen LogP contribution is 2.37. The molecule has 2 amide bonds. The van der Waals surface area contributed by atoms with Crippen LogP contribution >= 0.6 is 0 Å². The van der Waals surface area contributed by atoms with Crippen LogP contribution in [0.3, 0.4) is 0 Å². The molecule has 5 heteroatoms. The number of nitrogens with zero attached hydrogens (tertiary/aromatic N) is 1. The standard InChI is InChI=1S/C14H26N2O3/c1-5-16(9-10(2)12(17)18)13(19)15-11-7-6-8-14(11,3)4/h10-11H,5-9H2,1-4H3,(H,15,19)(H,17,18). The van der Waals surface area contributed by atoms with Crippen LogP contribution in [0.4, 0.5) is 4.79 Å². The lowest BCUT2D eigenvalue weighted by atomic mass is 9.87. The molecule has 0 heterocycles. The molecule has 5 nitrogen and oxygen atoms in total. The summed E-state index contributed by atoms with van der Waals surface area (Å²) in [5.41, 5.74) is 0.132. The number of carboxylic acids is 1. The molecule has 0 saturated heterocycles. The van der Waals surface area contributed by atoms with Crippen LogP contribution < -0.4 is 5.32 Å². The molecule has 2 atom stereocenters. The number of hydrogen-bond donors (Lipinski definition) is 2. The molecule has 1 fully saturated rings. The van der Waals surface area contributed by atoms with Crippen molar-refractivity contribution >= 4 is 12.0 Å². The van der Waals surface area contributed by atoms with Crippen molar-refractivity contribution in [2.75, 3.05) is 13.1 Å². The second-order valence-corrected chi connectivity index (χ2v) is 6.16. The third-order valence-electron chi connectivity index (χ3n) is 4.14. The number of carbonyl (C=O) groups excluding carboxylic acids is 1. The molecule has 1 aliphatic carbocycles. The number of carbonyl (C=O) groups is 2. The van der Waals surface area contributed by atoms with Gasteiger partial charge in [0.1, 0.15) is 0 Å². The van der Waals surface area contributed by atoms with E-state index >= 15 is 0 Å². The zero-order valence-corrected chi connectivity index (χ0v) is 12.4. The van der Waals surface area contributed by atoms with Gasteiger partial charge in [-0.2, -0.15) is 0 Å². The number of amides is 2. The van der Waals surface area contributed by atoms with Crippen LogP contribution in [0.15, 0.2) is 0 Å². The summed E-state index contributed by atoms with van der Waals surface area (Å²) in [7, 11) is 0. The molecule has 19 heavy (non-hydrogen) atoms. The van der Waals surface area contributed by atoms with Crippen molar-refractivity contribution in [3.63, 3.8) is 0 Å². The molecular weight excluding hydrogens is 244 g/mol. The summed E-state index contributed by atoms with van der Waals surface area (Å²) in [5, 5.41) is 12.0. The van der Waals surface area contributed by atoms with Crippen molar-refractivity contribution in [2.45, 2.75) is 53.0 Å². The van der Waals surface area contributed by atoms with Gasteiger partial charge in [0.15, 0.2) is 0 Å². The predicted octanol–water partition coefficient (Wildman–Crippen LogP) is 2.32. The number of carboxylic acid groups (broad SMARTS) is 1. The molecule has 1 saturated carbocycles. The Morgan fingerprint density at radius 3 is 2.53 bits per heavy atom. The summed E-state index contributed by atoms with van der Waals surface area (Å²) in [6.45, 7) is 8.61. The number of rotatable bonds is 5. The van der Waals surface area contributed by atoms with Gasteiger partial charge in [-0.25, -0.2) is 4.79 Å². The van der Waals surface area contributed by atoms with Gasteiger partial charge in [-0.15, -0.1) is 0 Å². The minimum atomic E-state index is -0.868. The topological polar surface area (TPSA) is 69.6 Å². The fourth-order valence-electron chi connectivity index (χ4n) is 2.60. The molecule has 1 aliphatic rings. The fourth-order valence-corrected chi connectivity index (χ4v) is 2.60. The smallest absolute Gasteiger partial charge is 0.317 e. The monoisotopic (exact) mass is 270 g/mol. The molecule has 1 rings (SSSR count). The van der Waals surface area contributed by atoms with E-state index in [0.717, 1.165) is 19.3 Å². The largest absolute Gasteiger partial charge is 0.481 e. The molecule has 0 radical (unpaired) electrons. The summed E-state index contributed by atoms with van der Waals surface area (Å²) < 4.78 is 0. The maximum absolute atomic E-state index is 12.2. The van der Waals surface area contributed by atoms with E-state index in [4.69, 9.17) is 5.11 Å². The molecule has 0 aromatic carbocycles. The first-order valence-electron chi connectivity index (χ1n) is 7.06. The Bertz CT molecular complexity index is 342. The predicted molar refractivity (Wildman–Crippen MR) is 74.0 cm³/mol. The summed E-state index contributed by atoms with van der Waals surface area (Å²) in [6.07, 6.45) is 3.26. The Kier molecular flexibility index (Phi) is 5.20. The maximum atomic E-state index is 12.2. The van der Waals surface area contributed by atoms with Crippen molar-refractivity contribution in [1.82, 2.24) is 10.2 Å². The zero-order chi connectivity index (χ0) is 14.6. The highest BCUT2D eigenvalue weighted by Gasteiger charge is 2.36. The van der Waals surface area contributed by atoms with Crippen molar-refractivity contribution in [2.24, 2.45) is 11.3 Å². The lowest BCUT2D eigenvalue weighted by Gasteiger charge is -2.31. The van der Waals surface area contributed by atoms with Crippen LogP contribution in [0, 0.1) is 11.3 Å². The van der Waals surface area contributed by atoms with Gasteiger partial charge in [-0.05, 0) is 25.2 Å². The first-order valence-corrected chi connectivity index (χ1v) is 7.06. The maximum Gasteiger partial charge on any atom is 0.317 e. The number of nitrogens with one attached hydrogen (secondary N) is 1. The minimum Gasteiger partial charge on any atom is -0.481 e. The Morgan fingerprint density at radius 1 is 1.47 bits per heavy atom. The number of aliphatic carboxylic acids is 1. The average Bonchev–Trinajstić information content (AvgIpc) is 2.65. The van der Waals surface area contributed by atoms with Crippen molar-refractivity contribution in [3.05, 3.63) is 0 Å². The Labute approximate surface area is 115 Å². The summed E-state index contributed by atoms with van der Waals surface area (Å²) in [4.78, 5) is 24.6. The number of hydrogen-bond acceptors (Lipinski definition) is 2. The molecule has 110 valence electrons. The molecule has 0 aliphatic heterocycles. The lowest BCUT2D eigenvalue weighted by Crippen LogP contribution is -2.49. The van der Waals surface area contributed by atoms with E-state index in [1.54, 1.807) is 11.8 Å². The average molecular weight is 270 g/mol. The van der Waals surface area contributed by atoms with Gasteiger partial charge in [0.05, 0.1) is 5.92 Å². The van der Waals surface area contributed by atoms with E-state index in [9.17, 15) is 9.59 Å². The van der Waals surface area contributed by atoms with Gasteiger partial charge in [-0.1, -0.05) is 27.2 Å². The summed E-state index contributed by atoms with van der Waals surface area (Å²) in [6, 6.07) is 0.0461. The quantitative estimate of drug-likeness (QED) is 0.805. The van der Waals surface area contributed by atoms with Crippen LogP contribution in [0.2, 0.25) is 0 Å². The third kappa shape index (κ3) is 4.11. The second kappa shape index (κ2) is 6.26. The van der Waals surface area contributed by atoms with Crippen LogP contribution in [0.1, 0.15) is 47.0 Å². The molecule has 0 aromatic rings. The van der Waals surface area contributed by atoms with Crippen molar-refractivity contribution in [1.29, 1.82) is 0 Å². The minimum absolute atomic E-state index is 0.132. The van der Waals surface area contributed by atoms with Gasteiger partial charge >= 0.3 is 12.0 Å². The molecule has 0 spiro atoms.